The molecule has 1 N–H and O–H groups in total. The summed E-state index contributed by atoms with van der Waals surface area (Å²) in [6, 6.07) is 7.66. The van der Waals surface area contributed by atoms with Crippen LogP contribution in [0.2, 0.25) is 0 Å². The predicted octanol–water partition coefficient (Wildman–Crippen LogP) is 2.73. The van der Waals surface area contributed by atoms with Gasteiger partial charge in [-0.3, -0.25) is 4.79 Å². The second-order valence-corrected chi connectivity index (χ2v) is 5.16. The molecule has 4 heteroatoms. The Kier molecular flexibility index (Phi) is 5.48. The standard InChI is InChI=1S/C13H18BrNO2/c1-9(2)12(14)13(16)15-8-10-6-4-5-7-11(10)17-3/h4-7,9,12H,8H2,1-3H3,(H,15,16). The fraction of sp³-hybridized carbons (Fsp3) is 0.462. The maximum atomic E-state index is 11.8. The number of halogens is 1. The first-order chi connectivity index (χ1) is 8.06. The lowest BCUT2D eigenvalue weighted by atomic mass is 10.1. The van der Waals surface area contributed by atoms with Gasteiger partial charge in [0.05, 0.1) is 11.9 Å². The van der Waals surface area contributed by atoms with E-state index in [4.69, 9.17) is 4.74 Å². The van der Waals surface area contributed by atoms with Crippen LogP contribution < -0.4 is 10.1 Å². The highest BCUT2D eigenvalue weighted by atomic mass is 79.9. The molecule has 0 aliphatic carbocycles. The topological polar surface area (TPSA) is 38.3 Å². The van der Waals surface area contributed by atoms with Gasteiger partial charge in [0.25, 0.3) is 0 Å². The van der Waals surface area contributed by atoms with E-state index in [1.165, 1.54) is 0 Å². The van der Waals surface area contributed by atoms with Gasteiger partial charge < -0.3 is 10.1 Å². The molecule has 0 aliphatic rings. The van der Waals surface area contributed by atoms with Gasteiger partial charge >= 0.3 is 0 Å². The second kappa shape index (κ2) is 6.64. The second-order valence-electron chi connectivity index (χ2n) is 4.18. The van der Waals surface area contributed by atoms with Gasteiger partial charge in [-0.2, -0.15) is 0 Å². The molecule has 94 valence electrons. The quantitative estimate of drug-likeness (QED) is 0.849. The summed E-state index contributed by atoms with van der Waals surface area (Å²) in [5.41, 5.74) is 0.979. The lowest BCUT2D eigenvalue weighted by Gasteiger charge is -2.14. The van der Waals surface area contributed by atoms with E-state index in [-0.39, 0.29) is 16.7 Å². The highest BCUT2D eigenvalue weighted by Crippen LogP contribution is 2.17. The van der Waals surface area contributed by atoms with Crippen LogP contribution in [0.15, 0.2) is 24.3 Å². The third-order valence-electron chi connectivity index (χ3n) is 2.48. The molecule has 1 unspecified atom stereocenters. The van der Waals surface area contributed by atoms with Crippen LogP contribution >= 0.6 is 15.9 Å². The van der Waals surface area contributed by atoms with Gasteiger partial charge in [-0.15, -0.1) is 0 Å². The number of rotatable bonds is 5. The Labute approximate surface area is 111 Å². The van der Waals surface area contributed by atoms with Crippen LogP contribution in [0.25, 0.3) is 0 Å². The zero-order chi connectivity index (χ0) is 12.8. The highest BCUT2D eigenvalue weighted by Gasteiger charge is 2.18. The minimum atomic E-state index is -0.155. The minimum absolute atomic E-state index is 0.00547. The zero-order valence-electron chi connectivity index (χ0n) is 10.4. The maximum Gasteiger partial charge on any atom is 0.234 e. The number of methoxy groups -OCH3 is 1. The number of carbonyl (C=O) groups excluding carboxylic acids is 1. The molecule has 1 amide bonds. The van der Waals surface area contributed by atoms with Gasteiger partial charge in [-0.1, -0.05) is 48.0 Å². The minimum Gasteiger partial charge on any atom is -0.496 e. The number of ether oxygens (including phenoxy) is 1. The summed E-state index contributed by atoms with van der Waals surface area (Å²) >= 11 is 3.37. The van der Waals surface area contributed by atoms with Gasteiger partial charge in [-0.25, -0.2) is 0 Å². The van der Waals surface area contributed by atoms with E-state index in [2.05, 4.69) is 21.2 Å². The first-order valence-electron chi connectivity index (χ1n) is 5.60. The van der Waals surface area contributed by atoms with Crippen molar-refractivity contribution in [3.8, 4) is 5.75 Å². The van der Waals surface area contributed by atoms with Crippen molar-refractivity contribution in [1.82, 2.24) is 5.32 Å². The first-order valence-corrected chi connectivity index (χ1v) is 6.51. The average Bonchev–Trinajstić information content (AvgIpc) is 2.35. The molecule has 0 saturated carbocycles. The van der Waals surface area contributed by atoms with E-state index in [0.29, 0.717) is 6.54 Å². The monoisotopic (exact) mass is 299 g/mol. The summed E-state index contributed by atoms with van der Waals surface area (Å²) in [4.78, 5) is 11.6. The van der Waals surface area contributed by atoms with Crippen molar-refractivity contribution in [3.05, 3.63) is 29.8 Å². The molecule has 1 aromatic rings. The molecule has 17 heavy (non-hydrogen) atoms. The van der Waals surface area contributed by atoms with Crippen molar-refractivity contribution in [2.24, 2.45) is 5.92 Å². The van der Waals surface area contributed by atoms with Gasteiger partial charge in [-0.05, 0) is 12.0 Å². The lowest BCUT2D eigenvalue weighted by Crippen LogP contribution is -2.33. The molecule has 0 radical (unpaired) electrons. The van der Waals surface area contributed by atoms with Crippen molar-refractivity contribution in [1.29, 1.82) is 0 Å². The molecular weight excluding hydrogens is 282 g/mol. The number of amides is 1. The Bertz CT molecular complexity index is 379. The molecule has 1 atom stereocenters. The predicted molar refractivity (Wildman–Crippen MR) is 72.4 cm³/mol. The van der Waals surface area contributed by atoms with Crippen molar-refractivity contribution >= 4 is 21.8 Å². The van der Waals surface area contributed by atoms with Gasteiger partial charge in [0.15, 0.2) is 0 Å². The van der Waals surface area contributed by atoms with Crippen LogP contribution in [0.4, 0.5) is 0 Å². The zero-order valence-corrected chi connectivity index (χ0v) is 12.0. The third-order valence-corrected chi connectivity index (χ3v) is 3.95. The summed E-state index contributed by atoms with van der Waals surface area (Å²) < 4.78 is 5.22. The Balaban J connectivity index is 2.58. The molecule has 0 heterocycles. The average molecular weight is 300 g/mol. The van der Waals surface area contributed by atoms with Crippen molar-refractivity contribution in [2.75, 3.05) is 7.11 Å². The third kappa shape index (κ3) is 4.04. The molecule has 0 spiro atoms. The summed E-state index contributed by atoms with van der Waals surface area (Å²) in [5, 5.41) is 2.89. The smallest absolute Gasteiger partial charge is 0.234 e. The van der Waals surface area contributed by atoms with Gasteiger partial charge in [0.1, 0.15) is 5.75 Å². The van der Waals surface area contributed by atoms with E-state index in [0.717, 1.165) is 11.3 Å². The van der Waals surface area contributed by atoms with E-state index in [1.807, 2.05) is 38.1 Å². The van der Waals surface area contributed by atoms with E-state index >= 15 is 0 Å². The summed E-state index contributed by atoms with van der Waals surface area (Å²) in [6.45, 7) is 4.49. The van der Waals surface area contributed by atoms with Crippen molar-refractivity contribution in [3.63, 3.8) is 0 Å². The van der Waals surface area contributed by atoms with E-state index in [9.17, 15) is 4.79 Å². The van der Waals surface area contributed by atoms with Gasteiger partial charge in [0.2, 0.25) is 5.91 Å². The highest BCUT2D eigenvalue weighted by molar-refractivity contribution is 9.10. The van der Waals surface area contributed by atoms with Crippen molar-refractivity contribution < 1.29 is 9.53 Å². The summed E-state index contributed by atoms with van der Waals surface area (Å²) in [6.07, 6.45) is 0. The van der Waals surface area contributed by atoms with Crippen molar-refractivity contribution in [2.45, 2.75) is 25.2 Å². The molecular formula is C13H18BrNO2. The summed E-state index contributed by atoms with van der Waals surface area (Å²) in [7, 11) is 1.63. The molecule has 3 nitrogen and oxygen atoms in total. The Morgan fingerprint density at radius 3 is 2.65 bits per heavy atom. The van der Waals surface area contributed by atoms with Gasteiger partial charge in [0, 0.05) is 12.1 Å². The molecule has 0 fully saturated rings. The number of nitrogens with one attached hydrogen (secondary N) is 1. The van der Waals surface area contributed by atoms with E-state index < -0.39 is 0 Å². The number of carbonyl (C=O) groups is 1. The SMILES string of the molecule is COc1ccccc1CNC(=O)C(Br)C(C)C. The molecule has 0 aliphatic heterocycles. The maximum absolute atomic E-state index is 11.8. The number of alkyl halides is 1. The molecule has 1 rings (SSSR count). The lowest BCUT2D eigenvalue weighted by molar-refractivity contribution is -0.121. The Hall–Kier alpha value is -1.03. The van der Waals surface area contributed by atoms with Crippen LogP contribution in [0.1, 0.15) is 19.4 Å². The molecule has 1 aromatic carbocycles. The van der Waals surface area contributed by atoms with E-state index in [1.54, 1.807) is 7.11 Å². The Morgan fingerprint density at radius 1 is 1.41 bits per heavy atom. The summed E-state index contributed by atoms with van der Waals surface area (Å²) in [5.74, 6) is 1.07. The number of hydrogen-bond donors (Lipinski definition) is 1. The van der Waals surface area contributed by atoms with Crippen LogP contribution in [-0.2, 0) is 11.3 Å². The van der Waals surface area contributed by atoms with Crippen LogP contribution in [0, 0.1) is 5.92 Å². The first kappa shape index (κ1) is 14.0. The number of benzene rings is 1. The molecule has 0 bridgehead atoms. The van der Waals surface area contributed by atoms with Crippen LogP contribution in [0.5, 0.6) is 5.75 Å². The fourth-order valence-electron chi connectivity index (χ4n) is 1.43. The van der Waals surface area contributed by atoms with Crippen LogP contribution in [-0.4, -0.2) is 17.8 Å². The molecule has 0 aromatic heterocycles. The Morgan fingerprint density at radius 2 is 2.06 bits per heavy atom. The van der Waals surface area contributed by atoms with Crippen LogP contribution in [0.3, 0.4) is 0 Å². The largest absolute Gasteiger partial charge is 0.496 e. The number of para-hydroxylation sites is 1. The molecule has 0 saturated heterocycles. The fourth-order valence-corrected chi connectivity index (χ4v) is 1.59. The normalized spacial score (nSPS) is 12.3. The number of hydrogen-bond acceptors (Lipinski definition) is 2.